The van der Waals surface area contributed by atoms with Gasteiger partial charge in [-0.3, -0.25) is 4.90 Å². The first-order valence-electron chi connectivity index (χ1n) is 10.2. The highest BCUT2D eigenvalue weighted by molar-refractivity contribution is 7.80. The molecule has 3 heterocycles. The van der Waals surface area contributed by atoms with Gasteiger partial charge in [0.1, 0.15) is 24.1 Å². The number of nitrogens with zero attached hydrogens (tertiary/aromatic N) is 2. The lowest BCUT2D eigenvalue weighted by atomic mass is 10.1. The van der Waals surface area contributed by atoms with E-state index in [0.29, 0.717) is 48.6 Å². The summed E-state index contributed by atoms with van der Waals surface area (Å²) < 4.78 is 31.5. The molecule has 1 amide bonds. The number of nitrogens with one attached hydrogen (secondary N) is 1. The molecule has 9 heteroatoms. The van der Waals surface area contributed by atoms with Crippen LogP contribution in [0.5, 0.6) is 5.75 Å². The molecule has 4 rings (SSSR count). The minimum absolute atomic E-state index is 0.235. The summed E-state index contributed by atoms with van der Waals surface area (Å²) >= 11 is 5.12. The maximum absolute atomic E-state index is 14.9. The number of rotatable bonds is 6. The van der Waals surface area contributed by atoms with E-state index in [1.807, 2.05) is 0 Å². The Morgan fingerprint density at radius 2 is 2.31 bits per heavy atom. The quantitative estimate of drug-likeness (QED) is 0.557. The molecule has 1 N–H and O–H groups in total. The molecule has 0 radical (unpaired) electrons. The molecule has 0 spiro atoms. The highest BCUT2D eigenvalue weighted by atomic mass is 32.1. The lowest BCUT2D eigenvalue weighted by Crippen LogP contribution is -2.39. The molecule has 1 aromatic carbocycles. The van der Waals surface area contributed by atoms with Crippen LogP contribution in [-0.4, -0.2) is 56.3 Å². The predicted molar refractivity (Wildman–Crippen MR) is 111 cm³/mol. The summed E-state index contributed by atoms with van der Waals surface area (Å²) in [4.78, 5) is 15.8. The number of thiocarbonyl (C=S) groups is 1. The smallest absolute Gasteiger partial charge is 0.414 e. The van der Waals surface area contributed by atoms with Crippen molar-refractivity contribution < 1.29 is 23.4 Å². The van der Waals surface area contributed by atoms with Gasteiger partial charge in [0.2, 0.25) is 0 Å². The summed E-state index contributed by atoms with van der Waals surface area (Å²) in [7, 11) is 0. The van der Waals surface area contributed by atoms with Gasteiger partial charge in [0.15, 0.2) is 5.82 Å². The standard InChI is InChI=1S/C20H26FN3O4S/c1-2-3-7-26-19(29)22-10-15-11-24(20(25)28-15)14-8-16(21)18-17(9-14)27-12-13-5-4-6-23(13)18/h8-9,13,15H,2-7,10-12H2,1H3,(H,22,29)/t13-,15-/m0/s1. The van der Waals surface area contributed by atoms with E-state index in [1.165, 1.54) is 11.0 Å². The van der Waals surface area contributed by atoms with Crippen LogP contribution in [0.2, 0.25) is 0 Å². The van der Waals surface area contributed by atoms with Crippen LogP contribution >= 0.6 is 12.2 Å². The van der Waals surface area contributed by atoms with Crippen molar-refractivity contribution in [1.82, 2.24) is 5.32 Å². The molecule has 1 aromatic rings. The van der Waals surface area contributed by atoms with Crippen LogP contribution in [0, 0.1) is 5.82 Å². The van der Waals surface area contributed by atoms with Crippen molar-refractivity contribution in [3.63, 3.8) is 0 Å². The number of hydrogen-bond acceptors (Lipinski definition) is 6. The van der Waals surface area contributed by atoms with Crippen molar-refractivity contribution in [2.75, 3.05) is 42.6 Å². The molecule has 0 aromatic heterocycles. The molecule has 29 heavy (non-hydrogen) atoms. The van der Waals surface area contributed by atoms with Crippen LogP contribution in [0.25, 0.3) is 0 Å². The lowest BCUT2D eigenvalue weighted by Gasteiger charge is -2.34. The molecule has 2 saturated heterocycles. The largest absolute Gasteiger partial charge is 0.489 e. The first-order chi connectivity index (χ1) is 14.1. The molecule has 0 saturated carbocycles. The van der Waals surface area contributed by atoms with Crippen molar-refractivity contribution in [2.24, 2.45) is 0 Å². The number of fused-ring (bicyclic) bond motifs is 3. The average Bonchev–Trinajstić information content (AvgIpc) is 3.32. The normalized spacial score (nSPS) is 22.6. The molecule has 7 nitrogen and oxygen atoms in total. The minimum atomic E-state index is -0.510. The maximum Gasteiger partial charge on any atom is 0.414 e. The number of ether oxygens (including phenoxy) is 3. The molecule has 0 aliphatic carbocycles. The SMILES string of the molecule is CCCCOC(=S)NC[C@H]1CN(c2cc(F)c3c(c2)OC[C@@H]2CCCN32)C(=O)O1. The number of unbranched alkanes of at least 4 members (excludes halogenated alkanes) is 1. The van der Waals surface area contributed by atoms with Crippen LogP contribution in [0.15, 0.2) is 12.1 Å². The monoisotopic (exact) mass is 423 g/mol. The molecule has 2 fully saturated rings. The van der Waals surface area contributed by atoms with Gasteiger partial charge in [-0.15, -0.1) is 0 Å². The summed E-state index contributed by atoms with van der Waals surface area (Å²) in [6.07, 6.45) is 3.08. The molecule has 2 atom stereocenters. The van der Waals surface area contributed by atoms with Gasteiger partial charge in [0, 0.05) is 18.7 Å². The summed E-state index contributed by atoms with van der Waals surface area (Å²) in [5.41, 5.74) is 0.941. The predicted octanol–water partition coefficient (Wildman–Crippen LogP) is 3.20. The highest BCUT2D eigenvalue weighted by Gasteiger charge is 2.37. The number of amides is 1. The minimum Gasteiger partial charge on any atom is -0.489 e. The molecule has 158 valence electrons. The second-order valence-corrected chi connectivity index (χ2v) is 7.93. The summed E-state index contributed by atoms with van der Waals surface area (Å²) in [5, 5.41) is 3.26. The average molecular weight is 424 g/mol. The number of hydrogen-bond donors (Lipinski definition) is 1. The Kier molecular flexibility index (Phi) is 5.94. The topological polar surface area (TPSA) is 63.3 Å². The van der Waals surface area contributed by atoms with Crippen LogP contribution in [-0.2, 0) is 9.47 Å². The third-order valence-corrected chi connectivity index (χ3v) is 5.76. The van der Waals surface area contributed by atoms with Crippen molar-refractivity contribution >= 4 is 34.9 Å². The van der Waals surface area contributed by atoms with E-state index in [0.717, 1.165) is 32.2 Å². The van der Waals surface area contributed by atoms with Gasteiger partial charge in [-0.2, -0.15) is 0 Å². The van der Waals surface area contributed by atoms with E-state index in [2.05, 4.69) is 17.1 Å². The number of carbonyl (C=O) groups excluding carboxylic acids is 1. The number of cyclic esters (lactones) is 1. The van der Waals surface area contributed by atoms with E-state index in [9.17, 15) is 9.18 Å². The Labute approximate surface area is 175 Å². The third kappa shape index (κ3) is 4.19. The number of anilines is 2. The van der Waals surface area contributed by atoms with Gasteiger partial charge in [-0.1, -0.05) is 13.3 Å². The zero-order valence-corrected chi connectivity index (χ0v) is 17.3. The molecule has 3 aliphatic heterocycles. The molecule has 3 aliphatic rings. The maximum atomic E-state index is 14.9. The van der Waals surface area contributed by atoms with E-state index >= 15 is 0 Å². The van der Waals surface area contributed by atoms with Crippen molar-refractivity contribution in [2.45, 2.75) is 44.8 Å². The third-order valence-electron chi connectivity index (χ3n) is 5.50. The van der Waals surface area contributed by atoms with Crippen molar-refractivity contribution in [3.05, 3.63) is 17.9 Å². The fraction of sp³-hybridized carbons (Fsp3) is 0.600. The van der Waals surface area contributed by atoms with Gasteiger partial charge < -0.3 is 24.4 Å². The van der Waals surface area contributed by atoms with Gasteiger partial charge in [0.05, 0.1) is 31.4 Å². The Bertz CT molecular complexity index is 793. The zero-order chi connectivity index (χ0) is 20.4. The second kappa shape index (κ2) is 8.61. The van der Waals surface area contributed by atoms with E-state index < -0.39 is 12.2 Å². The molecular weight excluding hydrogens is 397 g/mol. The first-order valence-corrected chi connectivity index (χ1v) is 10.6. The Morgan fingerprint density at radius 1 is 1.45 bits per heavy atom. The summed E-state index contributed by atoms with van der Waals surface area (Å²) in [6, 6.07) is 3.35. The number of halogens is 1. The van der Waals surface area contributed by atoms with Crippen molar-refractivity contribution in [3.8, 4) is 5.75 Å². The van der Waals surface area contributed by atoms with Gasteiger partial charge in [0.25, 0.3) is 5.17 Å². The Morgan fingerprint density at radius 3 is 3.14 bits per heavy atom. The fourth-order valence-electron chi connectivity index (χ4n) is 3.99. The fourth-order valence-corrected chi connectivity index (χ4v) is 4.16. The number of benzene rings is 1. The zero-order valence-electron chi connectivity index (χ0n) is 16.5. The van der Waals surface area contributed by atoms with Crippen molar-refractivity contribution in [1.29, 1.82) is 0 Å². The van der Waals surface area contributed by atoms with Crippen LogP contribution in [0.4, 0.5) is 20.6 Å². The van der Waals surface area contributed by atoms with Crippen LogP contribution in [0.3, 0.4) is 0 Å². The first kappa shape index (κ1) is 20.0. The van der Waals surface area contributed by atoms with Crippen LogP contribution in [0.1, 0.15) is 32.6 Å². The van der Waals surface area contributed by atoms with Gasteiger partial charge in [-0.05, 0) is 31.5 Å². The summed E-state index contributed by atoms with van der Waals surface area (Å²) in [5.74, 6) is 0.113. The number of carbonyl (C=O) groups is 1. The molecular formula is C20H26FN3O4S. The van der Waals surface area contributed by atoms with Crippen LogP contribution < -0.4 is 19.9 Å². The van der Waals surface area contributed by atoms with E-state index in [1.54, 1.807) is 6.07 Å². The van der Waals surface area contributed by atoms with Gasteiger partial charge >= 0.3 is 6.09 Å². The Balaban J connectivity index is 1.40. The van der Waals surface area contributed by atoms with E-state index in [-0.39, 0.29) is 11.9 Å². The van der Waals surface area contributed by atoms with Gasteiger partial charge in [-0.25, -0.2) is 9.18 Å². The second-order valence-electron chi connectivity index (χ2n) is 7.56. The summed E-state index contributed by atoms with van der Waals surface area (Å²) in [6.45, 7) is 4.65. The van der Waals surface area contributed by atoms with E-state index in [4.69, 9.17) is 26.4 Å². The highest BCUT2D eigenvalue weighted by Crippen LogP contribution is 2.42. The Hall–Kier alpha value is -2.29. The molecule has 0 bridgehead atoms. The lowest BCUT2D eigenvalue weighted by molar-refractivity contribution is 0.141. The molecule has 0 unspecified atom stereocenters.